The van der Waals surface area contributed by atoms with E-state index in [1.54, 1.807) is 30.3 Å². The Morgan fingerprint density at radius 3 is 2.34 bits per heavy atom. The lowest BCUT2D eigenvalue weighted by molar-refractivity contribution is -0.138. The first-order valence-corrected chi connectivity index (χ1v) is 9.74. The van der Waals surface area contributed by atoms with Gasteiger partial charge in [0.2, 0.25) is 0 Å². The van der Waals surface area contributed by atoms with Crippen LogP contribution in [0.1, 0.15) is 16.7 Å². The summed E-state index contributed by atoms with van der Waals surface area (Å²) >= 11 is 1.15. The van der Waals surface area contributed by atoms with Gasteiger partial charge in [0.1, 0.15) is 16.8 Å². The van der Waals surface area contributed by atoms with E-state index in [0.29, 0.717) is 23.5 Å². The van der Waals surface area contributed by atoms with Crippen LogP contribution in [0.4, 0.5) is 13.2 Å². The summed E-state index contributed by atoms with van der Waals surface area (Å²) in [5.74, 6) is 1.10. The first-order chi connectivity index (χ1) is 13.9. The van der Waals surface area contributed by atoms with Gasteiger partial charge < -0.3 is 4.74 Å². The van der Waals surface area contributed by atoms with E-state index in [1.807, 2.05) is 30.3 Å². The molecule has 0 saturated carbocycles. The molecule has 0 spiro atoms. The molecule has 0 aliphatic rings. The standard InChI is InChI=1S/C22H17F3N2OS/c1-28-17-9-7-16(8-10-17)20-13-19(22(23,24)25)18(14-26)21(27-20)29-12-11-15-5-3-2-4-6-15/h2-10,13H,11-12H2,1H3. The van der Waals surface area contributed by atoms with E-state index < -0.39 is 17.3 Å². The zero-order valence-electron chi connectivity index (χ0n) is 15.5. The number of methoxy groups -OCH3 is 1. The number of ether oxygens (including phenoxy) is 1. The fourth-order valence-corrected chi connectivity index (χ4v) is 3.77. The molecule has 3 aromatic rings. The number of benzene rings is 2. The number of aryl methyl sites for hydroxylation is 1. The molecule has 0 radical (unpaired) electrons. The Balaban J connectivity index is 1.97. The first-order valence-electron chi connectivity index (χ1n) is 8.76. The lowest BCUT2D eigenvalue weighted by atomic mass is 10.1. The minimum absolute atomic E-state index is 0.0871. The zero-order valence-corrected chi connectivity index (χ0v) is 16.3. The highest BCUT2D eigenvalue weighted by atomic mass is 32.2. The van der Waals surface area contributed by atoms with E-state index in [9.17, 15) is 18.4 Å². The van der Waals surface area contributed by atoms with E-state index in [2.05, 4.69) is 4.98 Å². The maximum absolute atomic E-state index is 13.6. The lowest BCUT2D eigenvalue weighted by Gasteiger charge is -2.14. The SMILES string of the molecule is COc1ccc(-c2cc(C(F)(F)F)c(C#N)c(SCCc3ccccc3)n2)cc1. The molecule has 0 aliphatic carbocycles. The van der Waals surface area contributed by atoms with Crippen LogP contribution in [0.5, 0.6) is 5.75 Å². The third-order valence-corrected chi connectivity index (χ3v) is 5.24. The molecule has 3 nitrogen and oxygen atoms in total. The van der Waals surface area contributed by atoms with E-state index >= 15 is 0 Å². The first kappa shape index (κ1) is 20.7. The molecule has 2 aromatic carbocycles. The molecule has 0 unspecified atom stereocenters. The summed E-state index contributed by atoms with van der Waals surface area (Å²) in [5, 5.41) is 9.48. The lowest BCUT2D eigenvalue weighted by Crippen LogP contribution is -2.10. The maximum Gasteiger partial charge on any atom is 0.417 e. The second-order valence-electron chi connectivity index (χ2n) is 6.16. The van der Waals surface area contributed by atoms with Crippen molar-refractivity contribution in [2.24, 2.45) is 0 Å². The highest BCUT2D eigenvalue weighted by molar-refractivity contribution is 7.99. The predicted octanol–water partition coefficient (Wildman–Crippen LogP) is 5.98. The van der Waals surface area contributed by atoms with Crippen LogP contribution < -0.4 is 4.74 Å². The van der Waals surface area contributed by atoms with Gasteiger partial charge in [-0.05, 0) is 42.3 Å². The van der Waals surface area contributed by atoms with Gasteiger partial charge in [-0.3, -0.25) is 0 Å². The maximum atomic E-state index is 13.6. The van der Waals surface area contributed by atoms with E-state index in [4.69, 9.17) is 4.74 Å². The van der Waals surface area contributed by atoms with Gasteiger partial charge in [-0.1, -0.05) is 30.3 Å². The molecule has 0 aliphatic heterocycles. The third-order valence-electron chi connectivity index (χ3n) is 4.26. The van der Waals surface area contributed by atoms with Crippen LogP contribution in [0.3, 0.4) is 0 Å². The van der Waals surface area contributed by atoms with Crippen LogP contribution in [-0.4, -0.2) is 17.8 Å². The van der Waals surface area contributed by atoms with Crippen LogP contribution in [0.25, 0.3) is 11.3 Å². The number of thioether (sulfide) groups is 1. The Labute approximate surface area is 171 Å². The van der Waals surface area contributed by atoms with Crippen LogP contribution in [0, 0.1) is 11.3 Å². The molecule has 0 amide bonds. The summed E-state index contributed by atoms with van der Waals surface area (Å²) in [6, 6.07) is 18.9. The second kappa shape index (κ2) is 9.01. The molecule has 29 heavy (non-hydrogen) atoms. The van der Waals surface area contributed by atoms with E-state index in [1.165, 1.54) is 7.11 Å². The molecular formula is C22H17F3N2OS. The largest absolute Gasteiger partial charge is 0.497 e. The predicted molar refractivity (Wildman–Crippen MR) is 107 cm³/mol. The summed E-state index contributed by atoms with van der Waals surface area (Å²) in [7, 11) is 1.51. The van der Waals surface area contributed by atoms with Crippen LogP contribution in [0.15, 0.2) is 65.7 Å². The van der Waals surface area contributed by atoms with Crippen molar-refractivity contribution >= 4 is 11.8 Å². The molecule has 0 fully saturated rings. The van der Waals surface area contributed by atoms with Crippen molar-refractivity contribution in [3.8, 4) is 23.1 Å². The minimum Gasteiger partial charge on any atom is -0.497 e. The van der Waals surface area contributed by atoms with Gasteiger partial charge in [-0.2, -0.15) is 18.4 Å². The summed E-state index contributed by atoms with van der Waals surface area (Å²) in [4.78, 5) is 4.37. The number of nitriles is 1. The summed E-state index contributed by atoms with van der Waals surface area (Å²) in [6.45, 7) is 0. The molecule has 1 aromatic heterocycles. The van der Waals surface area contributed by atoms with Gasteiger partial charge in [0.05, 0.1) is 23.9 Å². The van der Waals surface area contributed by atoms with Gasteiger partial charge >= 0.3 is 6.18 Å². The summed E-state index contributed by atoms with van der Waals surface area (Å²) in [6.07, 6.45) is -3.99. The Hall–Kier alpha value is -2.98. The third kappa shape index (κ3) is 5.09. The number of alkyl halides is 3. The number of nitrogens with zero attached hydrogens (tertiary/aromatic N) is 2. The molecule has 0 saturated heterocycles. The van der Waals surface area contributed by atoms with Crippen molar-refractivity contribution < 1.29 is 17.9 Å². The fourth-order valence-electron chi connectivity index (χ4n) is 2.78. The number of hydrogen-bond donors (Lipinski definition) is 0. The van der Waals surface area contributed by atoms with Crippen molar-refractivity contribution in [2.45, 2.75) is 17.6 Å². The zero-order chi connectivity index (χ0) is 20.9. The molecule has 0 atom stereocenters. The summed E-state index contributed by atoms with van der Waals surface area (Å²) < 4.78 is 45.9. The smallest absolute Gasteiger partial charge is 0.417 e. The van der Waals surface area contributed by atoms with E-state index in [-0.39, 0.29) is 10.7 Å². The van der Waals surface area contributed by atoms with Crippen molar-refractivity contribution in [3.63, 3.8) is 0 Å². The number of hydrogen-bond acceptors (Lipinski definition) is 4. The Bertz CT molecular complexity index is 1010. The van der Waals surface area contributed by atoms with Crippen molar-refractivity contribution in [3.05, 3.63) is 77.4 Å². The van der Waals surface area contributed by atoms with E-state index in [0.717, 1.165) is 23.4 Å². The van der Waals surface area contributed by atoms with Gasteiger partial charge in [-0.25, -0.2) is 4.98 Å². The Morgan fingerprint density at radius 2 is 1.76 bits per heavy atom. The number of halogens is 3. The Kier molecular flexibility index (Phi) is 6.45. The molecule has 7 heteroatoms. The highest BCUT2D eigenvalue weighted by Gasteiger charge is 2.36. The normalized spacial score (nSPS) is 11.1. The van der Waals surface area contributed by atoms with Crippen molar-refractivity contribution in [1.29, 1.82) is 5.26 Å². The quantitative estimate of drug-likeness (QED) is 0.465. The van der Waals surface area contributed by atoms with Gasteiger partial charge in [0, 0.05) is 11.3 Å². The van der Waals surface area contributed by atoms with Gasteiger partial charge in [-0.15, -0.1) is 11.8 Å². The van der Waals surface area contributed by atoms with Crippen LogP contribution in [0.2, 0.25) is 0 Å². The minimum atomic E-state index is -4.65. The second-order valence-corrected chi connectivity index (χ2v) is 7.24. The van der Waals surface area contributed by atoms with Gasteiger partial charge in [0.15, 0.2) is 0 Å². The molecular weight excluding hydrogens is 397 g/mol. The molecule has 3 rings (SSSR count). The average molecular weight is 414 g/mol. The fraction of sp³-hybridized carbons (Fsp3) is 0.182. The van der Waals surface area contributed by atoms with Crippen LogP contribution >= 0.6 is 11.8 Å². The van der Waals surface area contributed by atoms with Crippen molar-refractivity contribution in [2.75, 3.05) is 12.9 Å². The number of rotatable bonds is 6. The van der Waals surface area contributed by atoms with Gasteiger partial charge in [0.25, 0.3) is 0 Å². The summed E-state index contributed by atoms with van der Waals surface area (Å²) in [5.41, 5.74) is 0.351. The molecule has 0 N–H and O–H groups in total. The van der Waals surface area contributed by atoms with Crippen molar-refractivity contribution in [1.82, 2.24) is 4.98 Å². The Morgan fingerprint density at radius 1 is 1.07 bits per heavy atom. The number of aromatic nitrogens is 1. The topological polar surface area (TPSA) is 45.9 Å². The molecule has 1 heterocycles. The highest BCUT2D eigenvalue weighted by Crippen LogP contribution is 2.38. The average Bonchev–Trinajstić information content (AvgIpc) is 2.73. The monoisotopic (exact) mass is 414 g/mol. The van der Waals surface area contributed by atoms with Crippen LogP contribution in [-0.2, 0) is 12.6 Å². The number of pyridine rings is 1. The molecule has 148 valence electrons. The molecule has 0 bridgehead atoms.